The first-order valence-corrected chi connectivity index (χ1v) is 10.7. The summed E-state index contributed by atoms with van der Waals surface area (Å²) in [5, 5.41) is 6.46. The van der Waals surface area contributed by atoms with E-state index in [4.69, 9.17) is 9.26 Å². The fraction of sp³-hybridized carbons (Fsp3) is 0.238. The SMILES string of the molecule is COc1ccccc1CNS(=O)(=O)c1cc(-c2c(C)noc2NC(C)=O)ccc1C. The predicted octanol–water partition coefficient (Wildman–Crippen LogP) is 3.40. The number of methoxy groups -OCH3 is 1. The Bertz CT molecular complexity index is 1190. The van der Waals surface area contributed by atoms with Crippen LogP contribution in [0.25, 0.3) is 11.1 Å². The van der Waals surface area contributed by atoms with E-state index in [1.807, 2.05) is 12.1 Å². The van der Waals surface area contributed by atoms with E-state index < -0.39 is 10.0 Å². The molecule has 0 fully saturated rings. The van der Waals surface area contributed by atoms with Crippen molar-refractivity contribution in [2.45, 2.75) is 32.2 Å². The molecule has 158 valence electrons. The van der Waals surface area contributed by atoms with Crippen molar-refractivity contribution in [3.8, 4) is 16.9 Å². The quantitative estimate of drug-likeness (QED) is 0.596. The number of nitrogens with zero attached hydrogens (tertiary/aromatic N) is 1. The van der Waals surface area contributed by atoms with Gasteiger partial charge < -0.3 is 9.26 Å². The summed E-state index contributed by atoms with van der Waals surface area (Å²) >= 11 is 0. The number of aromatic nitrogens is 1. The topological polar surface area (TPSA) is 111 Å². The van der Waals surface area contributed by atoms with Gasteiger partial charge in [0.1, 0.15) is 5.75 Å². The van der Waals surface area contributed by atoms with Crippen molar-refractivity contribution < 1.29 is 22.5 Å². The molecule has 1 heterocycles. The molecule has 0 atom stereocenters. The Morgan fingerprint density at radius 3 is 2.60 bits per heavy atom. The molecule has 0 saturated carbocycles. The van der Waals surface area contributed by atoms with E-state index in [9.17, 15) is 13.2 Å². The summed E-state index contributed by atoms with van der Waals surface area (Å²) in [5.41, 5.74) is 2.95. The van der Waals surface area contributed by atoms with Gasteiger partial charge in [0.05, 0.1) is 23.3 Å². The number of benzene rings is 2. The number of rotatable bonds is 7. The molecule has 0 radical (unpaired) electrons. The molecule has 8 nitrogen and oxygen atoms in total. The van der Waals surface area contributed by atoms with Gasteiger partial charge in [0, 0.05) is 19.0 Å². The molecule has 1 aromatic heterocycles. The molecule has 2 aromatic carbocycles. The summed E-state index contributed by atoms with van der Waals surface area (Å²) in [6, 6.07) is 12.2. The highest BCUT2D eigenvalue weighted by Crippen LogP contribution is 2.33. The molecule has 0 spiro atoms. The average molecular weight is 429 g/mol. The number of nitrogens with one attached hydrogen (secondary N) is 2. The molecule has 0 aliphatic rings. The maximum atomic E-state index is 13.0. The van der Waals surface area contributed by atoms with E-state index >= 15 is 0 Å². The molecule has 3 aromatic rings. The zero-order chi connectivity index (χ0) is 21.9. The van der Waals surface area contributed by atoms with Crippen molar-refractivity contribution in [3.05, 3.63) is 59.3 Å². The minimum Gasteiger partial charge on any atom is -0.496 e. The third-order valence-corrected chi connectivity index (χ3v) is 6.11. The smallest absolute Gasteiger partial charge is 0.241 e. The summed E-state index contributed by atoms with van der Waals surface area (Å²) in [6.45, 7) is 4.88. The van der Waals surface area contributed by atoms with Crippen LogP contribution >= 0.6 is 0 Å². The van der Waals surface area contributed by atoms with Crippen LogP contribution < -0.4 is 14.8 Å². The maximum Gasteiger partial charge on any atom is 0.241 e. The highest BCUT2D eigenvalue weighted by atomic mass is 32.2. The molecule has 0 saturated heterocycles. The van der Waals surface area contributed by atoms with Gasteiger partial charge in [0.25, 0.3) is 0 Å². The van der Waals surface area contributed by atoms with Gasteiger partial charge in [0.2, 0.25) is 21.8 Å². The number of sulfonamides is 1. The third-order valence-electron chi connectivity index (χ3n) is 4.56. The second-order valence-electron chi connectivity index (χ2n) is 6.77. The fourth-order valence-corrected chi connectivity index (χ4v) is 4.37. The Balaban J connectivity index is 1.95. The molecular formula is C21H23N3O5S. The van der Waals surface area contributed by atoms with E-state index in [1.165, 1.54) is 14.0 Å². The Hall–Kier alpha value is -3.17. The summed E-state index contributed by atoms with van der Waals surface area (Å²) in [4.78, 5) is 11.6. The van der Waals surface area contributed by atoms with Crippen LogP contribution in [0.2, 0.25) is 0 Å². The lowest BCUT2D eigenvalue weighted by atomic mass is 10.0. The second-order valence-corrected chi connectivity index (χ2v) is 8.51. The first-order chi connectivity index (χ1) is 14.2. The predicted molar refractivity (Wildman–Crippen MR) is 113 cm³/mol. The Kier molecular flexibility index (Phi) is 6.23. The standard InChI is InChI=1S/C21H23N3O5S/c1-13-9-10-16(20-14(2)24-29-21(20)23-15(3)25)11-19(13)30(26,27)22-12-17-7-5-6-8-18(17)28-4/h5-11,22H,12H2,1-4H3,(H,23,25). The van der Waals surface area contributed by atoms with Crippen LogP contribution in [0.5, 0.6) is 5.75 Å². The number of ether oxygens (including phenoxy) is 1. The molecule has 9 heteroatoms. The number of carbonyl (C=O) groups is 1. The normalized spacial score (nSPS) is 11.3. The molecule has 0 aliphatic heterocycles. The molecule has 30 heavy (non-hydrogen) atoms. The Labute approximate surface area is 175 Å². The largest absolute Gasteiger partial charge is 0.496 e. The number of hydrogen-bond acceptors (Lipinski definition) is 6. The molecule has 0 bridgehead atoms. The van der Waals surface area contributed by atoms with Gasteiger partial charge in [-0.1, -0.05) is 35.5 Å². The van der Waals surface area contributed by atoms with Crippen LogP contribution in [0.4, 0.5) is 5.88 Å². The van der Waals surface area contributed by atoms with Gasteiger partial charge in [0.15, 0.2) is 0 Å². The minimum atomic E-state index is -3.82. The van der Waals surface area contributed by atoms with Crippen LogP contribution in [0.3, 0.4) is 0 Å². The van der Waals surface area contributed by atoms with E-state index in [1.54, 1.807) is 44.2 Å². The first-order valence-electron chi connectivity index (χ1n) is 9.19. The minimum absolute atomic E-state index is 0.0828. The van der Waals surface area contributed by atoms with Crippen LogP contribution in [0.1, 0.15) is 23.7 Å². The number of para-hydroxylation sites is 1. The Morgan fingerprint density at radius 1 is 1.17 bits per heavy atom. The molecule has 2 N–H and O–H groups in total. The summed E-state index contributed by atoms with van der Waals surface area (Å²) < 4.78 is 39.2. The van der Waals surface area contributed by atoms with Gasteiger partial charge in [-0.25, -0.2) is 13.1 Å². The number of anilines is 1. The van der Waals surface area contributed by atoms with Gasteiger partial charge in [-0.05, 0) is 37.1 Å². The van der Waals surface area contributed by atoms with E-state index in [-0.39, 0.29) is 23.2 Å². The summed E-state index contributed by atoms with van der Waals surface area (Å²) in [7, 11) is -2.28. The van der Waals surface area contributed by atoms with Crippen molar-refractivity contribution in [1.29, 1.82) is 0 Å². The highest BCUT2D eigenvalue weighted by molar-refractivity contribution is 7.89. The fourth-order valence-electron chi connectivity index (χ4n) is 3.10. The summed E-state index contributed by atoms with van der Waals surface area (Å²) in [5.74, 6) is 0.464. The van der Waals surface area contributed by atoms with Gasteiger partial charge >= 0.3 is 0 Å². The average Bonchev–Trinajstić information content (AvgIpc) is 3.06. The molecule has 0 unspecified atom stereocenters. The zero-order valence-corrected chi connectivity index (χ0v) is 18.0. The first kappa shape index (κ1) is 21.5. The van der Waals surface area contributed by atoms with Crippen molar-refractivity contribution in [2.24, 2.45) is 0 Å². The van der Waals surface area contributed by atoms with Crippen LogP contribution in [-0.2, 0) is 21.4 Å². The number of aryl methyl sites for hydroxylation is 2. The molecular weight excluding hydrogens is 406 g/mol. The van der Waals surface area contributed by atoms with Crippen molar-refractivity contribution in [2.75, 3.05) is 12.4 Å². The lowest BCUT2D eigenvalue weighted by Crippen LogP contribution is -2.24. The van der Waals surface area contributed by atoms with Crippen LogP contribution in [0, 0.1) is 13.8 Å². The number of amides is 1. The zero-order valence-electron chi connectivity index (χ0n) is 17.1. The van der Waals surface area contributed by atoms with Crippen molar-refractivity contribution in [1.82, 2.24) is 9.88 Å². The van der Waals surface area contributed by atoms with E-state index in [2.05, 4.69) is 15.2 Å². The molecule has 0 aliphatic carbocycles. The number of carbonyl (C=O) groups excluding carboxylic acids is 1. The van der Waals surface area contributed by atoms with Gasteiger partial charge in [-0.2, -0.15) is 0 Å². The Morgan fingerprint density at radius 2 is 1.90 bits per heavy atom. The lowest BCUT2D eigenvalue weighted by molar-refractivity contribution is -0.114. The summed E-state index contributed by atoms with van der Waals surface area (Å²) in [6.07, 6.45) is 0. The molecule has 1 amide bonds. The second kappa shape index (κ2) is 8.68. The van der Waals surface area contributed by atoms with Gasteiger partial charge in [-0.3, -0.25) is 10.1 Å². The van der Waals surface area contributed by atoms with E-state index in [0.29, 0.717) is 28.1 Å². The highest BCUT2D eigenvalue weighted by Gasteiger charge is 2.22. The van der Waals surface area contributed by atoms with Crippen LogP contribution in [0.15, 0.2) is 51.9 Å². The lowest BCUT2D eigenvalue weighted by Gasteiger charge is -2.13. The third kappa shape index (κ3) is 4.52. The van der Waals surface area contributed by atoms with Crippen molar-refractivity contribution in [3.63, 3.8) is 0 Å². The van der Waals surface area contributed by atoms with E-state index in [0.717, 1.165) is 5.56 Å². The maximum absolute atomic E-state index is 13.0. The van der Waals surface area contributed by atoms with Crippen molar-refractivity contribution >= 4 is 21.8 Å². The monoisotopic (exact) mass is 429 g/mol. The van der Waals surface area contributed by atoms with Gasteiger partial charge in [-0.15, -0.1) is 0 Å². The molecule has 3 rings (SSSR count). The number of hydrogen-bond donors (Lipinski definition) is 2. The van der Waals surface area contributed by atoms with Crippen LogP contribution in [-0.4, -0.2) is 26.6 Å².